The first-order valence-electron chi connectivity index (χ1n) is 6.61. The van der Waals surface area contributed by atoms with Gasteiger partial charge in [0.05, 0.1) is 5.71 Å². The van der Waals surface area contributed by atoms with E-state index in [9.17, 15) is 8.42 Å². The van der Waals surface area contributed by atoms with Crippen LogP contribution in [0.2, 0.25) is 0 Å². The molecule has 0 bridgehead atoms. The van der Waals surface area contributed by atoms with Gasteiger partial charge in [0.2, 0.25) is 0 Å². The highest BCUT2D eigenvalue weighted by Crippen LogP contribution is 2.23. The van der Waals surface area contributed by atoms with Crippen LogP contribution in [0.4, 0.5) is 0 Å². The van der Waals surface area contributed by atoms with Gasteiger partial charge in [-0.25, -0.2) is 8.42 Å². The first-order valence-corrected chi connectivity index (χ1v) is 9.21. The van der Waals surface area contributed by atoms with E-state index in [0.717, 1.165) is 17.3 Å². The van der Waals surface area contributed by atoms with Crippen molar-refractivity contribution in [2.75, 3.05) is 5.08 Å². The Labute approximate surface area is 134 Å². The molecule has 8 heteroatoms. The minimum Gasteiger partial charge on any atom is -0.433 e. The van der Waals surface area contributed by atoms with Gasteiger partial charge in [0, 0.05) is 5.56 Å². The van der Waals surface area contributed by atoms with Crippen molar-refractivity contribution >= 4 is 32.7 Å². The lowest BCUT2D eigenvalue weighted by atomic mass is 10.1. The topological polar surface area (TPSA) is 77.3 Å². The van der Waals surface area contributed by atoms with E-state index in [1.807, 2.05) is 33.8 Å². The zero-order valence-electron chi connectivity index (χ0n) is 12.9. The Balaban J connectivity index is 2.14. The van der Waals surface area contributed by atoms with Crippen LogP contribution in [0.1, 0.15) is 33.3 Å². The van der Waals surface area contributed by atoms with E-state index < -0.39 is 10.0 Å². The molecule has 0 atom stereocenters. The number of benzene rings is 1. The summed E-state index contributed by atoms with van der Waals surface area (Å²) in [5, 5.41) is 4.15. The van der Waals surface area contributed by atoms with Gasteiger partial charge in [0.1, 0.15) is 16.4 Å². The monoisotopic (exact) mass is 342 g/mol. The van der Waals surface area contributed by atoms with Crippen molar-refractivity contribution in [1.82, 2.24) is 0 Å². The first-order chi connectivity index (χ1) is 10.1. The smallest absolute Gasteiger partial charge is 0.268 e. The lowest BCUT2D eigenvalue weighted by Crippen LogP contribution is -2.16. The van der Waals surface area contributed by atoms with Crippen LogP contribution in [-0.2, 0) is 14.9 Å². The van der Waals surface area contributed by atoms with Crippen LogP contribution < -0.4 is 4.74 Å². The van der Waals surface area contributed by atoms with Crippen molar-refractivity contribution in [1.29, 1.82) is 0 Å². The van der Waals surface area contributed by atoms with E-state index in [4.69, 9.17) is 9.57 Å². The molecule has 0 saturated heterocycles. The highest BCUT2D eigenvalue weighted by atomic mass is 32.3. The fraction of sp³-hybridized carbons (Fsp3) is 0.429. The van der Waals surface area contributed by atoms with Gasteiger partial charge in [-0.15, -0.1) is 4.40 Å². The zero-order chi connectivity index (χ0) is 16.4. The predicted molar refractivity (Wildman–Crippen MR) is 88.9 cm³/mol. The molecule has 1 aromatic carbocycles. The number of thioether (sulfide) groups is 1. The molecule has 22 heavy (non-hydrogen) atoms. The number of nitrogens with zero attached hydrogens (tertiary/aromatic N) is 2. The minimum atomic E-state index is -3.38. The zero-order valence-corrected chi connectivity index (χ0v) is 14.5. The third-order valence-corrected chi connectivity index (χ3v) is 5.10. The van der Waals surface area contributed by atoms with Crippen molar-refractivity contribution in [3.05, 3.63) is 29.8 Å². The van der Waals surface area contributed by atoms with E-state index in [1.165, 1.54) is 0 Å². The summed E-state index contributed by atoms with van der Waals surface area (Å²) >= 11 is 1.06. The summed E-state index contributed by atoms with van der Waals surface area (Å²) in [5.41, 5.74) is 1.17. The second-order valence-corrected chi connectivity index (χ2v) is 8.64. The minimum absolute atomic E-state index is 0.0814. The Bertz CT molecular complexity index is 719. The van der Waals surface area contributed by atoms with Crippen molar-refractivity contribution in [2.24, 2.45) is 9.55 Å². The van der Waals surface area contributed by atoms with Crippen LogP contribution in [0.5, 0.6) is 5.75 Å². The predicted octanol–water partition coefficient (Wildman–Crippen LogP) is 2.99. The Morgan fingerprint density at radius 2 is 2.09 bits per heavy atom. The summed E-state index contributed by atoms with van der Waals surface area (Å²) in [6, 6.07) is 7.17. The van der Waals surface area contributed by atoms with Crippen LogP contribution in [0, 0.1) is 0 Å². The van der Waals surface area contributed by atoms with Crippen molar-refractivity contribution in [2.45, 2.75) is 33.3 Å². The fourth-order valence-electron chi connectivity index (χ4n) is 1.48. The molecule has 6 nitrogen and oxygen atoms in total. The number of hydrogen-bond donors (Lipinski definition) is 0. The van der Waals surface area contributed by atoms with Crippen LogP contribution in [0.15, 0.2) is 33.8 Å². The van der Waals surface area contributed by atoms with Gasteiger partial charge in [-0.2, -0.15) is 0 Å². The highest BCUT2D eigenvalue weighted by Gasteiger charge is 2.23. The molecule has 1 aliphatic rings. The average Bonchev–Trinajstić information content (AvgIpc) is 2.74. The van der Waals surface area contributed by atoms with Crippen LogP contribution in [-0.4, -0.2) is 30.0 Å². The molecule has 0 amide bonds. The Morgan fingerprint density at radius 3 is 2.68 bits per heavy atom. The molecule has 0 N–H and O–H groups in total. The number of rotatable bonds is 3. The van der Waals surface area contributed by atoms with Gasteiger partial charge in [0.15, 0.2) is 0 Å². The summed E-state index contributed by atoms with van der Waals surface area (Å²) in [5.74, 6) is 0.506. The highest BCUT2D eigenvalue weighted by molar-refractivity contribution is 8.24. The SMILES string of the molecule is CC(=NOC(C)(C)C)c1cccc(OC2=NS(=O)(=O)CS2)c1. The summed E-state index contributed by atoms with van der Waals surface area (Å²) in [6.07, 6.45) is 0. The number of sulfonamides is 1. The number of hydrogen-bond acceptors (Lipinski definition) is 6. The largest absolute Gasteiger partial charge is 0.433 e. The Hall–Kier alpha value is -1.54. The molecule has 0 spiro atoms. The van der Waals surface area contributed by atoms with Gasteiger partial charge < -0.3 is 9.57 Å². The second-order valence-electron chi connectivity index (χ2n) is 5.71. The molecule has 1 heterocycles. The van der Waals surface area contributed by atoms with E-state index >= 15 is 0 Å². The normalized spacial score (nSPS) is 18.0. The maximum atomic E-state index is 11.3. The van der Waals surface area contributed by atoms with Crippen molar-refractivity contribution in [3.63, 3.8) is 0 Å². The molecule has 0 saturated carbocycles. The summed E-state index contributed by atoms with van der Waals surface area (Å²) in [4.78, 5) is 5.39. The quantitative estimate of drug-likeness (QED) is 0.623. The van der Waals surface area contributed by atoms with E-state index in [1.54, 1.807) is 18.2 Å². The van der Waals surface area contributed by atoms with Gasteiger partial charge in [-0.3, -0.25) is 0 Å². The molecule has 0 unspecified atom stereocenters. The molecular weight excluding hydrogens is 324 g/mol. The maximum Gasteiger partial charge on any atom is 0.268 e. The Morgan fingerprint density at radius 1 is 1.36 bits per heavy atom. The molecule has 0 aliphatic carbocycles. The van der Waals surface area contributed by atoms with E-state index in [2.05, 4.69) is 9.55 Å². The molecule has 0 aromatic heterocycles. The fourth-order valence-corrected chi connectivity index (χ4v) is 3.66. The molecule has 0 radical (unpaired) electrons. The van der Waals surface area contributed by atoms with Gasteiger partial charge >= 0.3 is 0 Å². The van der Waals surface area contributed by atoms with Gasteiger partial charge in [-0.1, -0.05) is 17.3 Å². The third-order valence-electron chi connectivity index (χ3n) is 2.46. The summed E-state index contributed by atoms with van der Waals surface area (Å²) in [7, 11) is -3.38. The van der Waals surface area contributed by atoms with Crippen molar-refractivity contribution in [3.8, 4) is 5.75 Å². The average molecular weight is 342 g/mol. The lowest BCUT2D eigenvalue weighted by Gasteiger charge is -2.16. The molecule has 0 fully saturated rings. The van der Waals surface area contributed by atoms with E-state index in [0.29, 0.717) is 11.5 Å². The maximum absolute atomic E-state index is 11.3. The van der Waals surface area contributed by atoms with Crippen LogP contribution in [0.3, 0.4) is 0 Å². The van der Waals surface area contributed by atoms with Crippen molar-refractivity contribution < 1.29 is 18.0 Å². The van der Waals surface area contributed by atoms with Crippen LogP contribution >= 0.6 is 11.8 Å². The lowest BCUT2D eigenvalue weighted by molar-refractivity contribution is 0.000955. The van der Waals surface area contributed by atoms with Gasteiger partial charge in [0.25, 0.3) is 15.3 Å². The molecule has 2 rings (SSSR count). The summed E-state index contributed by atoms with van der Waals surface area (Å²) in [6.45, 7) is 7.58. The number of ether oxygens (including phenoxy) is 1. The first kappa shape index (κ1) is 16.8. The number of oxime groups is 1. The third kappa shape index (κ3) is 5.03. The summed E-state index contributed by atoms with van der Waals surface area (Å²) < 4.78 is 31.5. The van der Waals surface area contributed by atoms with Gasteiger partial charge in [-0.05, 0) is 51.6 Å². The molecule has 1 aliphatic heterocycles. The van der Waals surface area contributed by atoms with Crippen LogP contribution in [0.25, 0.3) is 0 Å². The molecule has 120 valence electrons. The van der Waals surface area contributed by atoms with E-state index in [-0.39, 0.29) is 15.9 Å². The standard InChI is InChI=1S/C14H18N2O4S2/c1-10(15-20-14(2,3)4)11-6-5-7-12(8-11)19-13-16-22(17,18)9-21-13/h5-8H,9H2,1-4H3. The Kier molecular flexibility index (Phi) is 4.81. The molecular formula is C14H18N2O4S2. The molecule has 1 aromatic rings. The second kappa shape index (κ2) is 6.29.